The van der Waals surface area contributed by atoms with Gasteiger partial charge in [-0.1, -0.05) is 0 Å². The number of carbonyl (C=O) groups is 1. The van der Waals surface area contributed by atoms with E-state index in [0.29, 0.717) is 6.54 Å². The van der Waals surface area contributed by atoms with Gasteiger partial charge in [0.2, 0.25) is 0 Å². The number of hydrogen-bond acceptors (Lipinski definition) is 4. The average Bonchev–Trinajstić information content (AvgIpc) is 3.23. The van der Waals surface area contributed by atoms with E-state index in [1.165, 1.54) is 10.6 Å². The van der Waals surface area contributed by atoms with Crippen molar-refractivity contribution in [3.8, 4) is 0 Å². The van der Waals surface area contributed by atoms with Gasteiger partial charge in [-0.15, -0.1) is 11.3 Å². The molecule has 1 saturated heterocycles. The molecular formula is C16H23N5OS. The van der Waals surface area contributed by atoms with Crippen LogP contribution >= 0.6 is 11.3 Å². The van der Waals surface area contributed by atoms with Crippen molar-refractivity contribution in [1.82, 2.24) is 20.4 Å². The standard InChI is InChI=1S/C16H23N5OS/c1-13-14(12-18-19-13)4-2-6-17-16(22)21-9-7-20(8-10-21)15-5-3-11-23-15/h3,5,11-12H,2,4,6-10H2,1H3,(H,17,22)(H,18,19). The number of thiophene rings is 1. The number of piperazine rings is 1. The molecule has 1 fully saturated rings. The number of H-pyrrole nitrogens is 1. The Kier molecular flexibility index (Phi) is 5.17. The maximum Gasteiger partial charge on any atom is 0.317 e. The molecule has 0 bridgehead atoms. The molecule has 7 heteroatoms. The van der Waals surface area contributed by atoms with Crippen LogP contribution in [0.5, 0.6) is 0 Å². The van der Waals surface area contributed by atoms with E-state index in [-0.39, 0.29) is 6.03 Å². The van der Waals surface area contributed by atoms with Gasteiger partial charge >= 0.3 is 6.03 Å². The zero-order valence-electron chi connectivity index (χ0n) is 13.4. The SMILES string of the molecule is Cc1[nH]ncc1CCCNC(=O)N1CCN(c2cccs2)CC1. The van der Waals surface area contributed by atoms with E-state index >= 15 is 0 Å². The van der Waals surface area contributed by atoms with Crippen molar-refractivity contribution >= 4 is 22.4 Å². The summed E-state index contributed by atoms with van der Waals surface area (Å²) in [7, 11) is 0. The summed E-state index contributed by atoms with van der Waals surface area (Å²) in [4.78, 5) is 16.5. The van der Waals surface area contributed by atoms with E-state index in [1.54, 1.807) is 11.3 Å². The average molecular weight is 333 g/mol. The number of anilines is 1. The van der Waals surface area contributed by atoms with Gasteiger partial charge in [-0.2, -0.15) is 5.10 Å². The summed E-state index contributed by atoms with van der Waals surface area (Å²) in [5.74, 6) is 0. The van der Waals surface area contributed by atoms with E-state index in [9.17, 15) is 4.79 Å². The van der Waals surface area contributed by atoms with Gasteiger partial charge in [0.05, 0.1) is 11.2 Å². The van der Waals surface area contributed by atoms with Crippen molar-refractivity contribution in [3.05, 3.63) is 35.0 Å². The van der Waals surface area contributed by atoms with Crippen molar-refractivity contribution in [2.45, 2.75) is 19.8 Å². The first-order valence-corrected chi connectivity index (χ1v) is 8.92. The van der Waals surface area contributed by atoms with Crippen LogP contribution in [-0.4, -0.2) is 53.9 Å². The topological polar surface area (TPSA) is 64.3 Å². The Morgan fingerprint density at radius 2 is 2.22 bits per heavy atom. The highest BCUT2D eigenvalue weighted by atomic mass is 32.1. The molecule has 2 aromatic heterocycles. The summed E-state index contributed by atoms with van der Waals surface area (Å²) in [5.41, 5.74) is 2.34. The molecule has 1 aliphatic heterocycles. The van der Waals surface area contributed by atoms with E-state index in [0.717, 1.165) is 44.7 Å². The maximum atomic E-state index is 12.2. The normalized spacial score (nSPS) is 15.0. The highest BCUT2D eigenvalue weighted by Crippen LogP contribution is 2.22. The predicted molar refractivity (Wildman–Crippen MR) is 93.1 cm³/mol. The Bertz CT molecular complexity index is 616. The molecule has 2 amide bonds. The lowest BCUT2D eigenvalue weighted by Crippen LogP contribution is -2.51. The minimum Gasteiger partial charge on any atom is -0.360 e. The highest BCUT2D eigenvalue weighted by molar-refractivity contribution is 7.14. The van der Waals surface area contributed by atoms with Crippen molar-refractivity contribution in [2.24, 2.45) is 0 Å². The number of aromatic amines is 1. The second kappa shape index (κ2) is 7.50. The second-order valence-electron chi connectivity index (χ2n) is 5.78. The third-order valence-corrected chi connectivity index (χ3v) is 5.15. The Morgan fingerprint density at radius 3 is 2.87 bits per heavy atom. The number of aryl methyl sites for hydroxylation is 2. The van der Waals surface area contributed by atoms with Crippen molar-refractivity contribution < 1.29 is 4.79 Å². The molecule has 1 aliphatic rings. The molecule has 0 aliphatic carbocycles. The summed E-state index contributed by atoms with van der Waals surface area (Å²) in [6.45, 7) is 6.10. The van der Waals surface area contributed by atoms with Crippen LogP contribution in [0.25, 0.3) is 0 Å². The zero-order chi connectivity index (χ0) is 16.1. The van der Waals surface area contributed by atoms with E-state index in [2.05, 4.69) is 37.9 Å². The molecule has 23 heavy (non-hydrogen) atoms. The van der Waals surface area contributed by atoms with Gasteiger partial charge in [0.15, 0.2) is 0 Å². The van der Waals surface area contributed by atoms with Gasteiger partial charge in [0.1, 0.15) is 0 Å². The summed E-state index contributed by atoms with van der Waals surface area (Å²) in [6, 6.07) is 4.26. The number of rotatable bonds is 5. The molecule has 0 saturated carbocycles. The van der Waals surface area contributed by atoms with Crippen LogP contribution in [0.2, 0.25) is 0 Å². The first-order chi connectivity index (χ1) is 11.2. The fraction of sp³-hybridized carbons (Fsp3) is 0.500. The maximum absolute atomic E-state index is 12.2. The van der Waals surface area contributed by atoms with Crippen LogP contribution in [0.1, 0.15) is 17.7 Å². The van der Waals surface area contributed by atoms with Crippen LogP contribution in [0, 0.1) is 6.92 Å². The Labute approximate surface area is 140 Å². The molecule has 0 radical (unpaired) electrons. The number of nitrogens with one attached hydrogen (secondary N) is 2. The number of amides is 2. The van der Waals surface area contributed by atoms with E-state index in [1.807, 2.05) is 18.0 Å². The Morgan fingerprint density at radius 1 is 1.39 bits per heavy atom. The lowest BCUT2D eigenvalue weighted by atomic mass is 10.1. The molecule has 0 spiro atoms. The third kappa shape index (κ3) is 4.04. The van der Waals surface area contributed by atoms with Gasteiger partial charge in [-0.3, -0.25) is 5.10 Å². The highest BCUT2D eigenvalue weighted by Gasteiger charge is 2.21. The van der Waals surface area contributed by atoms with Gasteiger partial charge in [0, 0.05) is 38.4 Å². The van der Waals surface area contributed by atoms with Gasteiger partial charge in [-0.25, -0.2) is 4.79 Å². The summed E-state index contributed by atoms with van der Waals surface area (Å²) in [5, 5.41) is 13.4. The van der Waals surface area contributed by atoms with Crippen LogP contribution in [0.4, 0.5) is 9.80 Å². The summed E-state index contributed by atoms with van der Waals surface area (Å²) >= 11 is 1.75. The number of nitrogens with zero attached hydrogens (tertiary/aromatic N) is 3. The van der Waals surface area contributed by atoms with Crippen molar-refractivity contribution in [1.29, 1.82) is 0 Å². The smallest absolute Gasteiger partial charge is 0.317 e. The van der Waals surface area contributed by atoms with E-state index < -0.39 is 0 Å². The van der Waals surface area contributed by atoms with Gasteiger partial charge < -0.3 is 15.1 Å². The summed E-state index contributed by atoms with van der Waals surface area (Å²) in [6.07, 6.45) is 3.73. The van der Waals surface area contributed by atoms with Crippen LogP contribution in [0.3, 0.4) is 0 Å². The first kappa shape index (κ1) is 15.9. The van der Waals surface area contributed by atoms with Crippen molar-refractivity contribution in [3.63, 3.8) is 0 Å². The minimum absolute atomic E-state index is 0.0553. The summed E-state index contributed by atoms with van der Waals surface area (Å²) < 4.78 is 0. The third-order valence-electron chi connectivity index (χ3n) is 4.22. The Hall–Kier alpha value is -2.02. The molecule has 2 aromatic rings. The Balaban J connectivity index is 1.36. The van der Waals surface area contributed by atoms with Gasteiger partial charge in [0.25, 0.3) is 0 Å². The quantitative estimate of drug-likeness (QED) is 0.825. The lowest BCUT2D eigenvalue weighted by molar-refractivity contribution is 0.194. The second-order valence-corrected chi connectivity index (χ2v) is 6.71. The molecule has 0 aromatic carbocycles. The monoisotopic (exact) mass is 333 g/mol. The molecule has 0 atom stereocenters. The first-order valence-electron chi connectivity index (χ1n) is 8.04. The van der Waals surface area contributed by atoms with Crippen molar-refractivity contribution in [2.75, 3.05) is 37.6 Å². The lowest BCUT2D eigenvalue weighted by Gasteiger charge is -2.35. The van der Waals surface area contributed by atoms with Crippen LogP contribution in [0.15, 0.2) is 23.7 Å². The number of hydrogen-bond donors (Lipinski definition) is 2. The molecule has 3 heterocycles. The molecule has 0 unspecified atom stereocenters. The molecular weight excluding hydrogens is 310 g/mol. The van der Waals surface area contributed by atoms with Gasteiger partial charge in [-0.05, 0) is 42.8 Å². The number of carbonyl (C=O) groups excluding carboxylic acids is 1. The van der Waals surface area contributed by atoms with E-state index in [4.69, 9.17) is 0 Å². The van der Waals surface area contributed by atoms with Crippen LogP contribution in [-0.2, 0) is 6.42 Å². The molecule has 6 nitrogen and oxygen atoms in total. The zero-order valence-corrected chi connectivity index (χ0v) is 14.2. The molecule has 2 N–H and O–H groups in total. The number of urea groups is 1. The number of aromatic nitrogens is 2. The fourth-order valence-electron chi connectivity index (χ4n) is 2.79. The largest absolute Gasteiger partial charge is 0.360 e. The molecule has 3 rings (SSSR count). The molecule has 124 valence electrons. The predicted octanol–water partition coefficient (Wildman–Crippen LogP) is 2.24. The minimum atomic E-state index is 0.0553. The van der Waals surface area contributed by atoms with Crippen LogP contribution < -0.4 is 10.2 Å². The fourth-order valence-corrected chi connectivity index (χ4v) is 3.58.